The number of nitrogens with zero attached hydrogens (tertiary/aromatic N) is 1. The summed E-state index contributed by atoms with van der Waals surface area (Å²) in [4.78, 5) is 14.3. The van der Waals surface area contributed by atoms with Gasteiger partial charge >= 0.3 is 6.09 Å². The Morgan fingerprint density at radius 3 is 2.62 bits per heavy atom. The van der Waals surface area contributed by atoms with Crippen molar-refractivity contribution in [3.05, 3.63) is 71.3 Å². The summed E-state index contributed by atoms with van der Waals surface area (Å²) < 4.78 is 5.26. The maximum atomic E-state index is 12.0. The zero-order valence-corrected chi connectivity index (χ0v) is 14.9. The molecule has 0 aliphatic carbocycles. The van der Waals surface area contributed by atoms with Crippen LogP contribution in [0.25, 0.3) is 0 Å². The molecule has 2 aromatic rings. The second-order valence-corrected chi connectivity index (χ2v) is 6.63. The van der Waals surface area contributed by atoms with Gasteiger partial charge in [0.15, 0.2) is 0 Å². The molecule has 3 rings (SSSR count). The van der Waals surface area contributed by atoms with E-state index in [1.165, 1.54) is 5.56 Å². The predicted molar refractivity (Wildman–Crippen MR) is 100 cm³/mol. The summed E-state index contributed by atoms with van der Waals surface area (Å²) in [5.41, 5.74) is 3.22. The molecule has 0 saturated carbocycles. The van der Waals surface area contributed by atoms with E-state index in [4.69, 9.17) is 4.74 Å². The Morgan fingerprint density at radius 2 is 1.85 bits per heavy atom. The number of carbonyl (C=O) groups is 1. The molecule has 1 unspecified atom stereocenters. The van der Waals surface area contributed by atoms with Crippen LogP contribution < -0.4 is 5.32 Å². The van der Waals surface area contributed by atoms with Crippen molar-refractivity contribution in [2.75, 3.05) is 13.2 Å². The van der Waals surface area contributed by atoms with Crippen LogP contribution in [0.1, 0.15) is 29.5 Å². The fourth-order valence-corrected chi connectivity index (χ4v) is 3.35. The topological polar surface area (TPSA) is 61.8 Å². The lowest BCUT2D eigenvalue weighted by molar-refractivity contribution is 0.139. The molecular weight excluding hydrogens is 328 g/mol. The van der Waals surface area contributed by atoms with Crippen LogP contribution in [0.2, 0.25) is 0 Å². The molecule has 1 aliphatic heterocycles. The van der Waals surface area contributed by atoms with Gasteiger partial charge in [-0.15, -0.1) is 0 Å². The number of hydrogen-bond acceptors (Lipinski definition) is 4. The van der Waals surface area contributed by atoms with E-state index >= 15 is 0 Å². The molecule has 0 radical (unpaired) electrons. The zero-order valence-electron chi connectivity index (χ0n) is 14.9. The molecule has 5 nitrogen and oxygen atoms in total. The smallest absolute Gasteiger partial charge is 0.407 e. The van der Waals surface area contributed by atoms with Crippen LogP contribution in [0.3, 0.4) is 0 Å². The minimum absolute atomic E-state index is 0.201. The maximum Gasteiger partial charge on any atom is 0.407 e. The predicted octanol–water partition coefficient (Wildman–Crippen LogP) is 3.07. The summed E-state index contributed by atoms with van der Waals surface area (Å²) in [5, 5.41) is 12.3. The number of likely N-dealkylation sites (tertiary alicyclic amines) is 1. The Hall–Kier alpha value is -2.37. The Labute approximate surface area is 154 Å². The molecule has 1 amide bonds. The number of carbonyl (C=O) groups excluding carboxylic acids is 1. The highest BCUT2D eigenvalue weighted by atomic mass is 16.5. The normalized spacial score (nSPS) is 17.2. The molecule has 0 bridgehead atoms. The zero-order chi connectivity index (χ0) is 18.2. The van der Waals surface area contributed by atoms with Crippen LogP contribution in [-0.2, 0) is 24.4 Å². The van der Waals surface area contributed by atoms with Crippen LogP contribution in [0.15, 0.2) is 54.6 Å². The molecule has 1 saturated heterocycles. The van der Waals surface area contributed by atoms with Crippen LogP contribution >= 0.6 is 0 Å². The van der Waals surface area contributed by atoms with E-state index in [0.717, 1.165) is 37.1 Å². The van der Waals surface area contributed by atoms with E-state index in [1.54, 1.807) is 0 Å². The molecule has 138 valence electrons. The lowest BCUT2D eigenvalue weighted by Gasteiger charge is -2.24. The highest BCUT2D eigenvalue weighted by Crippen LogP contribution is 2.21. The van der Waals surface area contributed by atoms with Crippen LogP contribution in [0.4, 0.5) is 4.79 Å². The van der Waals surface area contributed by atoms with Crippen LogP contribution in [0, 0.1) is 0 Å². The monoisotopic (exact) mass is 354 g/mol. The number of nitrogens with one attached hydrogen (secondary N) is 1. The van der Waals surface area contributed by atoms with Gasteiger partial charge in [0.2, 0.25) is 0 Å². The standard InChI is InChI=1S/C21H26N2O3/c24-15-20-11-6-12-23(20)14-19-10-5-4-9-18(19)13-22-21(25)26-16-17-7-2-1-3-8-17/h1-5,7-10,20,24H,6,11-16H2,(H,22,25). The Bertz CT molecular complexity index is 705. The SMILES string of the molecule is O=C(NCc1ccccc1CN1CCCC1CO)OCc1ccccc1. The second-order valence-electron chi connectivity index (χ2n) is 6.63. The van der Waals surface area contributed by atoms with E-state index in [0.29, 0.717) is 6.54 Å². The average molecular weight is 354 g/mol. The third-order valence-electron chi connectivity index (χ3n) is 4.84. The van der Waals surface area contributed by atoms with Gasteiger partial charge in [0, 0.05) is 19.1 Å². The van der Waals surface area contributed by atoms with Gasteiger partial charge in [-0.2, -0.15) is 0 Å². The molecule has 0 aromatic heterocycles. The summed E-state index contributed by atoms with van der Waals surface area (Å²) in [6, 6.07) is 18.0. The first kappa shape index (κ1) is 18.4. The van der Waals surface area contributed by atoms with Crippen molar-refractivity contribution in [2.45, 2.75) is 38.6 Å². The molecule has 5 heteroatoms. The Morgan fingerprint density at radius 1 is 1.12 bits per heavy atom. The number of hydrogen-bond donors (Lipinski definition) is 2. The highest BCUT2D eigenvalue weighted by molar-refractivity contribution is 5.67. The molecule has 26 heavy (non-hydrogen) atoms. The van der Waals surface area contributed by atoms with Gasteiger partial charge in [0.1, 0.15) is 6.61 Å². The van der Waals surface area contributed by atoms with Gasteiger partial charge in [-0.1, -0.05) is 54.6 Å². The average Bonchev–Trinajstić information content (AvgIpc) is 3.13. The highest BCUT2D eigenvalue weighted by Gasteiger charge is 2.24. The lowest BCUT2D eigenvalue weighted by Crippen LogP contribution is -2.32. The van der Waals surface area contributed by atoms with Crippen molar-refractivity contribution in [1.82, 2.24) is 10.2 Å². The largest absolute Gasteiger partial charge is 0.445 e. The first-order chi connectivity index (χ1) is 12.8. The van der Waals surface area contributed by atoms with Gasteiger partial charge in [-0.05, 0) is 36.1 Å². The Kier molecular flexibility index (Phi) is 6.63. The van der Waals surface area contributed by atoms with Crippen molar-refractivity contribution in [2.24, 2.45) is 0 Å². The third-order valence-corrected chi connectivity index (χ3v) is 4.84. The van der Waals surface area contributed by atoms with E-state index in [2.05, 4.69) is 16.3 Å². The van der Waals surface area contributed by atoms with E-state index in [9.17, 15) is 9.90 Å². The van der Waals surface area contributed by atoms with E-state index < -0.39 is 6.09 Å². The maximum absolute atomic E-state index is 12.0. The summed E-state index contributed by atoms with van der Waals surface area (Å²) in [6.45, 7) is 2.70. The minimum Gasteiger partial charge on any atom is -0.445 e. The fraction of sp³-hybridized carbons (Fsp3) is 0.381. The first-order valence-electron chi connectivity index (χ1n) is 9.12. The van der Waals surface area contributed by atoms with Crippen molar-refractivity contribution in [1.29, 1.82) is 0 Å². The van der Waals surface area contributed by atoms with Gasteiger partial charge in [-0.3, -0.25) is 4.90 Å². The quantitative estimate of drug-likeness (QED) is 0.802. The summed E-state index contributed by atoms with van der Waals surface area (Å²) in [5.74, 6) is 0. The lowest BCUT2D eigenvalue weighted by atomic mass is 10.1. The second kappa shape index (κ2) is 9.36. The molecule has 1 heterocycles. The molecule has 1 fully saturated rings. The number of rotatable bonds is 7. The van der Waals surface area contributed by atoms with Crippen molar-refractivity contribution in [3.63, 3.8) is 0 Å². The van der Waals surface area contributed by atoms with E-state index in [-0.39, 0.29) is 19.3 Å². The molecular formula is C21H26N2O3. The van der Waals surface area contributed by atoms with Crippen LogP contribution in [0.5, 0.6) is 0 Å². The molecule has 2 N–H and O–H groups in total. The fourth-order valence-electron chi connectivity index (χ4n) is 3.35. The number of amides is 1. The van der Waals surface area contributed by atoms with Gasteiger partial charge in [0.05, 0.1) is 6.61 Å². The van der Waals surface area contributed by atoms with Crippen LogP contribution in [-0.4, -0.2) is 35.3 Å². The molecule has 1 atom stereocenters. The molecule has 1 aliphatic rings. The van der Waals surface area contributed by atoms with Gasteiger partial charge < -0.3 is 15.2 Å². The van der Waals surface area contributed by atoms with Gasteiger partial charge in [-0.25, -0.2) is 4.79 Å². The first-order valence-corrected chi connectivity index (χ1v) is 9.12. The summed E-state index contributed by atoms with van der Waals surface area (Å²) in [7, 11) is 0. The van der Waals surface area contributed by atoms with Crippen molar-refractivity contribution in [3.8, 4) is 0 Å². The Balaban J connectivity index is 1.52. The molecule has 2 aromatic carbocycles. The van der Waals surface area contributed by atoms with Gasteiger partial charge in [0.25, 0.3) is 0 Å². The minimum atomic E-state index is -0.418. The number of aliphatic hydroxyl groups excluding tert-OH is 1. The number of ether oxygens (including phenoxy) is 1. The number of benzene rings is 2. The van der Waals surface area contributed by atoms with Crippen molar-refractivity contribution >= 4 is 6.09 Å². The number of alkyl carbamates (subject to hydrolysis) is 1. The van der Waals surface area contributed by atoms with E-state index in [1.807, 2.05) is 48.5 Å². The van der Waals surface area contributed by atoms with Crippen molar-refractivity contribution < 1.29 is 14.6 Å². The number of aliphatic hydroxyl groups is 1. The molecule has 0 spiro atoms. The summed E-state index contributed by atoms with van der Waals surface area (Å²) in [6.07, 6.45) is 1.75. The third kappa shape index (κ3) is 5.07. The summed E-state index contributed by atoms with van der Waals surface area (Å²) >= 11 is 0.